The summed E-state index contributed by atoms with van der Waals surface area (Å²) in [6, 6.07) is 6.17. The highest BCUT2D eigenvalue weighted by molar-refractivity contribution is 7.80. The van der Waals surface area contributed by atoms with Crippen molar-refractivity contribution >= 4 is 34.5 Å². The van der Waals surface area contributed by atoms with Gasteiger partial charge in [-0.25, -0.2) is 0 Å². The number of rotatable bonds is 7. The van der Waals surface area contributed by atoms with E-state index in [2.05, 4.69) is 25.7 Å². The Morgan fingerprint density at radius 3 is 2.63 bits per heavy atom. The molecular weight excluding hydrogens is 276 g/mol. The Hall–Kier alpha value is -0.800. The maximum Gasteiger partial charge on any atom is 0.106 e. The molecule has 1 aromatic carbocycles. The van der Waals surface area contributed by atoms with E-state index in [9.17, 15) is 0 Å². The van der Waals surface area contributed by atoms with Gasteiger partial charge in [-0.3, -0.25) is 0 Å². The summed E-state index contributed by atoms with van der Waals surface area (Å²) in [5, 5.41) is 0.722. The van der Waals surface area contributed by atoms with Crippen LogP contribution in [0.2, 0.25) is 5.02 Å². The second kappa shape index (κ2) is 7.71. The van der Waals surface area contributed by atoms with E-state index in [1.54, 1.807) is 0 Å². The Morgan fingerprint density at radius 1 is 1.42 bits per heavy atom. The van der Waals surface area contributed by atoms with Crippen LogP contribution in [0.25, 0.3) is 0 Å². The van der Waals surface area contributed by atoms with E-state index in [0.717, 1.165) is 42.1 Å². The second-order valence-electron chi connectivity index (χ2n) is 4.83. The molecule has 0 saturated carbocycles. The molecule has 1 unspecified atom stereocenters. The molecule has 1 atom stereocenters. The van der Waals surface area contributed by atoms with Gasteiger partial charge >= 0.3 is 0 Å². The van der Waals surface area contributed by atoms with Crippen LogP contribution in [-0.4, -0.2) is 17.6 Å². The molecule has 0 saturated heterocycles. The van der Waals surface area contributed by atoms with Crippen LogP contribution in [0.1, 0.15) is 45.6 Å². The number of nitrogens with zero attached hydrogens (tertiary/aromatic N) is 1. The minimum Gasteiger partial charge on any atom is -0.389 e. The Balaban J connectivity index is 3.19. The van der Waals surface area contributed by atoms with E-state index >= 15 is 0 Å². The van der Waals surface area contributed by atoms with Crippen molar-refractivity contribution in [2.45, 2.75) is 46.1 Å². The van der Waals surface area contributed by atoms with Crippen molar-refractivity contribution in [3.63, 3.8) is 0 Å². The molecule has 0 spiro atoms. The molecule has 0 heterocycles. The lowest BCUT2D eigenvalue weighted by molar-refractivity contribution is 0.595. The van der Waals surface area contributed by atoms with Gasteiger partial charge in [0.1, 0.15) is 4.99 Å². The van der Waals surface area contributed by atoms with Gasteiger partial charge in [-0.1, -0.05) is 44.1 Å². The van der Waals surface area contributed by atoms with Gasteiger partial charge in [0.05, 0.1) is 0 Å². The number of halogens is 1. The third kappa shape index (κ3) is 4.36. The summed E-state index contributed by atoms with van der Waals surface area (Å²) in [7, 11) is 0. The first-order chi connectivity index (χ1) is 9.01. The fraction of sp³-hybridized carbons (Fsp3) is 0.533. The Kier molecular flexibility index (Phi) is 6.59. The molecule has 4 heteroatoms. The van der Waals surface area contributed by atoms with E-state index < -0.39 is 0 Å². The molecule has 19 heavy (non-hydrogen) atoms. The van der Waals surface area contributed by atoms with Gasteiger partial charge in [-0.05, 0) is 38.0 Å². The molecule has 1 rings (SSSR count). The maximum atomic E-state index is 6.14. The van der Waals surface area contributed by atoms with Gasteiger partial charge < -0.3 is 10.6 Å². The first kappa shape index (κ1) is 16.3. The average molecular weight is 299 g/mol. The monoisotopic (exact) mass is 298 g/mol. The van der Waals surface area contributed by atoms with Gasteiger partial charge in [0.25, 0.3) is 0 Å². The predicted molar refractivity (Wildman–Crippen MR) is 89.3 cm³/mol. The molecule has 0 radical (unpaired) electrons. The molecule has 0 aliphatic rings. The highest BCUT2D eigenvalue weighted by atomic mass is 35.5. The first-order valence-corrected chi connectivity index (χ1v) is 7.65. The van der Waals surface area contributed by atoms with Crippen LogP contribution in [0.5, 0.6) is 0 Å². The fourth-order valence-corrected chi connectivity index (χ4v) is 2.42. The smallest absolute Gasteiger partial charge is 0.106 e. The predicted octanol–water partition coefficient (Wildman–Crippen LogP) is 4.38. The van der Waals surface area contributed by atoms with Crippen molar-refractivity contribution in [1.82, 2.24) is 0 Å². The zero-order valence-electron chi connectivity index (χ0n) is 11.9. The van der Waals surface area contributed by atoms with Crippen molar-refractivity contribution < 1.29 is 0 Å². The second-order valence-corrected chi connectivity index (χ2v) is 5.71. The minimum atomic E-state index is 0.427. The summed E-state index contributed by atoms with van der Waals surface area (Å²) in [4.78, 5) is 2.79. The van der Waals surface area contributed by atoms with E-state index in [0.29, 0.717) is 11.0 Å². The molecule has 0 bridgehead atoms. The van der Waals surface area contributed by atoms with Crippen molar-refractivity contribution in [3.8, 4) is 0 Å². The Morgan fingerprint density at radius 2 is 2.11 bits per heavy atom. The topological polar surface area (TPSA) is 29.3 Å². The van der Waals surface area contributed by atoms with Crippen LogP contribution in [0.15, 0.2) is 18.2 Å². The van der Waals surface area contributed by atoms with Gasteiger partial charge in [0.15, 0.2) is 0 Å². The van der Waals surface area contributed by atoms with E-state index in [1.807, 2.05) is 18.2 Å². The molecular formula is C15H23ClN2S. The minimum absolute atomic E-state index is 0.427. The normalized spacial score (nSPS) is 12.2. The highest BCUT2D eigenvalue weighted by Crippen LogP contribution is 2.27. The molecule has 0 aromatic heterocycles. The lowest BCUT2D eigenvalue weighted by Gasteiger charge is -2.32. The highest BCUT2D eigenvalue weighted by Gasteiger charge is 2.17. The quantitative estimate of drug-likeness (QED) is 0.758. The third-order valence-corrected chi connectivity index (χ3v) is 3.87. The molecule has 1 aromatic rings. The third-order valence-electron chi connectivity index (χ3n) is 3.41. The number of hydrogen-bond acceptors (Lipinski definition) is 2. The zero-order valence-corrected chi connectivity index (χ0v) is 13.5. The number of benzene rings is 1. The van der Waals surface area contributed by atoms with Gasteiger partial charge in [0, 0.05) is 28.9 Å². The van der Waals surface area contributed by atoms with E-state index in [-0.39, 0.29) is 0 Å². The molecule has 2 nitrogen and oxygen atoms in total. The number of anilines is 1. The average Bonchev–Trinajstić information content (AvgIpc) is 2.38. The summed E-state index contributed by atoms with van der Waals surface area (Å²) >= 11 is 11.3. The first-order valence-electron chi connectivity index (χ1n) is 6.87. The number of thiocarbonyl (C=S) groups is 1. The van der Waals surface area contributed by atoms with Crippen molar-refractivity contribution in [2.75, 3.05) is 11.4 Å². The molecule has 0 amide bonds. The molecule has 0 fully saturated rings. The van der Waals surface area contributed by atoms with Crippen LogP contribution in [0.4, 0.5) is 5.69 Å². The van der Waals surface area contributed by atoms with Crippen molar-refractivity contribution in [3.05, 3.63) is 28.8 Å². The molecule has 106 valence electrons. The van der Waals surface area contributed by atoms with Gasteiger partial charge in [-0.15, -0.1) is 0 Å². The van der Waals surface area contributed by atoms with Gasteiger partial charge in [-0.2, -0.15) is 0 Å². The van der Waals surface area contributed by atoms with Crippen LogP contribution < -0.4 is 10.6 Å². The molecule has 2 N–H and O–H groups in total. The summed E-state index contributed by atoms with van der Waals surface area (Å²) in [6.07, 6.45) is 3.39. The van der Waals surface area contributed by atoms with Crippen LogP contribution in [0, 0.1) is 0 Å². The van der Waals surface area contributed by atoms with Crippen LogP contribution >= 0.6 is 23.8 Å². The Bertz CT molecular complexity index is 434. The number of nitrogens with two attached hydrogens (primary N) is 1. The summed E-state index contributed by atoms with van der Waals surface area (Å²) in [6.45, 7) is 7.61. The summed E-state index contributed by atoms with van der Waals surface area (Å²) in [5.74, 6) is 0. The van der Waals surface area contributed by atoms with E-state index in [4.69, 9.17) is 29.6 Å². The summed E-state index contributed by atoms with van der Waals surface area (Å²) in [5.41, 5.74) is 7.81. The van der Waals surface area contributed by atoms with Crippen LogP contribution in [-0.2, 0) is 0 Å². The van der Waals surface area contributed by atoms with Crippen LogP contribution in [0.3, 0.4) is 0 Å². The van der Waals surface area contributed by atoms with E-state index in [1.165, 1.54) is 0 Å². The maximum absolute atomic E-state index is 6.14. The fourth-order valence-electron chi connectivity index (χ4n) is 2.08. The molecule has 0 aliphatic heterocycles. The van der Waals surface area contributed by atoms with Crippen molar-refractivity contribution in [2.24, 2.45) is 5.73 Å². The standard InChI is InChI=1S/C15H23ClN2S/c1-4-6-9-18(11(3)5-2)14-10-12(16)7-8-13(14)15(17)19/h7-8,10-11H,4-6,9H2,1-3H3,(H2,17,19). The SMILES string of the molecule is CCCCN(c1cc(Cl)ccc1C(N)=S)C(C)CC. The van der Waals surface area contributed by atoms with Crippen molar-refractivity contribution in [1.29, 1.82) is 0 Å². The zero-order chi connectivity index (χ0) is 14.4. The lowest BCUT2D eigenvalue weighted by atomic mass is 10.1. The number of hydrogen-bond donors (Lipinski definition) is 1. The number of unbranched alkanes of at least 4 members (excludes halogenated alkanes) is 1. The lowest BCUT2D eigenvalue weighted by Crippen LogP contribution is -2.35. The van der Waals surface area contributed by atoms with Gasteiger partial charge in [0.2, 0.25) is 0 Å². The largest absolute Gasteiger partial charge is 0.389 e. The Labute approximate surface area is 126 Å². The summed E-state index contributed by atoms with van der Waals surface area (Å²) < 4.78 is 0. The molecule has 0 aliphatic carbocycles.